The average Bonchev–Trinajstić information content (AvgIpc) is 2.80. The number of likely N-dealkylation sites (tertiary alicyclic amines) is 1. The van der Waals surface area contributed by atoms with Crippen LogP contribution < -0.4 is 4.74 Å². The number of fused-ring (bicyclic) bond motifs is 2. The number of benzene rings is 1. The van der Waals surface area contributed by atoms with E-state index in [4.69, 9.17) is 4.74 Å². The van der Waals surface area contributed by atoms with Crippen molar-refractivity contribution in [3.63, 3.8) is 0 Å². The van der Waals surface area contributed by atoms with Gasteiger partial charge in [0.05, 0.1) is 5.60 Å². The summed E-state index contributed by atoms with van der Waals surface area (Å²) >= 11 is 0. The summed E-state index contributed by atoms with van der Waals surface area (Å²) in [5.74, 6) is 1.38. The number of piperidine rings is 1. The van der Waals surface area contributed by atoms with Crippen molar-refractivity contribution in [2.24, 2.45) is 11.8 Å². The largest absolute Gasteiger partial charge is 0.489 e. The van der Waals surface area contributed by atoms with Gasteiger partial charge in [0, 0.05) is 72.9 Å². The maximum atomic E-state index is 11.8. The Balaban J connectivity index is 1.31. The lowest BCUT2D eigenvalue weighted by Crippen LogP contribution is -2.57. The SMILES string of the molecule is OC1(c2cccnc2)[C@@H]2CCC[C@@H]1CN(Cc1ccccc1OCc1cccnc1)C2. The van der Waals surface area contributed by atoms with Gasteiger partial charge >= 0.3 is 0 Å². The summed E-state index contributed by atoms with van der Waals surface area (Å²) in [5.41, 5.74) is 2.46. The molecule has 0 amide bonds. The normalized spacial score (nSPS) is 25.8. The van der Waals surface area contributed by atoms with Crippen LogP contribution >= 0.6 is 0 Å². The lowest BCUT2D eigenvalue weighted by Gasteiger charge is -2.53. The lowest BCUT2D eigenvalue weighted by atomic mass is 9.63. The molecule has 0 radical (unpaired) electrons. The molecule has 2 fully saturated rings. The average molecular weight is 416 g/mol. The molecule has 5 nitrogen and oxygen atoms in total. The summed E-state index contributed by atoms with van der Waals surface area (Å²) in [4.78, 5) is 10.9. The van der Waals surface area contributed by atoms with Crippen LogP contribution in [0.4, 0.5) is 0 Å². The van der Waals surface area contributed by atoms with Crippen molar-refractivity contribution in [1.82, 2.24) is 14.9 Å². The Labute approximate surface area is 183 Å². The molecule has 2 atom stereocenters. The number of aliphatic hydroxyl groups is 1. The molecule has 5 rings (SSSR count). The van der Waals surface area contributed by atoms with Gasteiger partial charge < -0.3 is 9.84 Å². The van der Waals surface area contributed by atoms with Crippen LogP contribution in [0.1, 0.15) is 36.0 Å². The van der Waals surface area contributed by atoms with Crippen LogP contribution in [-0.4, -0.2) is 33.1 Å². The Morgan fingerprint density at radius 3 is 2.39 bits per heavy atom. The number of pyridine rings is 2. The van der Waals surface area contributed by atoms with Crippen molar-refractivity contribution in [1.29, 1.82) is 0 Å². The molecule has 0 spiro atoms. The van der Waals surface area contributed by atoms with E-state index in [1.54, 1.807) is 12.4 Å². The molecule has 1 aliphatic heterocycles. The maximum absolute atomic E-state index is 11.8. The van der Waals surface area contributed by atoms with Crippen molar-refractivity contribution in [3.05, 3.63) is 90.0 Å². The highest BCUT2D eigenvalue weighted by Gasteiger charge is 2.51. The van der Waals surface area contributed by atoms with E-state index in [-0.39, 0.29) is 11.8 Å². The number of hydrogen-bond donors (Lipinski definition) is 1. The first-order valence-electron chi connectivity index (χ1n) is 11.2. The third-order valence-corrected chi connectivity index (χ3v) is 6.91. The fourth-order valence-corrected chi connectivity index (χ4v) is 5.40. The minimum Gasteiger partial charge on any atom is -0.489 e. The number of nitrogens with zero attached hydrogens (tertiary/aromatic N) is 3. The zero-order chi connectivity index (χ0) is 21.1. The summed E-state index contributed by atoms with van der Waals surface area (Å²) in [6, 6.07) is 16.2. The first kappa shape index (κ1) is 20.2. The van der Waals surface area contributed by atoms with Gasteiger partial charge in [-0.1, -0.05) is 36.8 Å². The van der Waals surface area contributed by atoms with Crippen LogP contribution in [0, 0.1) is 11.8 Å². The van der Waals surface area contributed by atoms with Crippen molar-refractivity contribution in [3.8, 4) is 5.75 Å². The van der Waals surface area contributed by atoms with Crippen LogP contribution in [0.3, 0.4) is 0 Å². The van der Waals surface area contributed by atoms with Crippen molar-refractivity contribution < 1.29 is 9.84 Å². The summed E-state index contributed by atoms with van der Waals surface area (Å²) in [7, 11) is 0. The third kappa shape index (κ3) is 4.08. The van der Waals surface area contributed by atoms with Gasteiger partial charge in [-0.05, 0) is 31.0 Å². The zero-order valence-corrected chi connectivity index (χ0v) is 17.7. The predicted octanol–water partition coefficient (Wildman–Crippen LogP) is 4.18. The molecule has 1 aliphatic carbocycles. The molecule has 160 valence electrons. The maximum Gasteiger partial charge on any atom is 0.124 e. The number of ether oxygens (including phenoxy) is 1. The van der Waals surface area contributed by atoms with Gasteiger partial charge in [-0.2, -0.15) is 0 Å². The summed E-state index contributed by atoms with van der Waals surface area (Å²) in [6.45, 7) is 3.12. The van der Waals surface area contributed by atoms with Gasteiger partial charge in [-0.25, -0.2) is 0 Å². The van der Waals surface area contributed by atoms with Crippen LogP contribution in [0.2, 0.25) is 0 Å². The second-order valence-corrected chi connectivity index (χ2v) is 8.84. The van der Waals surface area contributed by atoms with E-state index in [2.05, 4.69) is 27.0 Å². The van der Waals surface area contributed by atoms with E-state index in [0.29, 0.717) is 6.61 Å². The van der Waals surface area contributed by atoms with Gasteiger partial charge in [0.25, 0.3) is 0 Å². The highest BCUT2D eigenvalue weighted by molar-refractivity contribution is 5.34. The van der Waals surface area contributed by atoms with E-state index in [0.717, 1.165) is 49.4 Å². The molecular formula is C26H29N3O2. The van der Waals surface area contributed by atoms with E-state index in [1.165, 1.54) is 12.0 Å². The molecule has 2 bridgehead atoms. The predicted molar refractivity (Wildman–Crippen MR) is 119 cm³/mol. The van der Waals surface area contributed by atoms with Crippen LogP contribution in [-0.2, 0) is 18.8 Å². The Morgan fingerprint density at radius 2 is 1.68 bits per heavy atom. The fraction of sp³-hybridized carbons (Fsp3) is 0.385. The molecule has 3 heterocycles. The van der Waals surface area contributed by atoms with Crippen LogP contribution in [0.25, 0.3) is 0 Å². The second kappa shape index (κ2) is 8.77. The highest BCUT2D eigenvalue weighted by atomic mass is 16.5. The van der Waals surface area contributed by atoms with E-state index in [1.807, 2.05) is 48.8 Å². The quantitative estimate of drug-likeness (QED) is 0.655. The smallest absolute Gasteiger partial charge is 0.124 e. The van der Waals surface area contributed by atoms with Crippen LogP contribution in [0.5, 0.6) is 5.75 Å². The zero-order valence-electron chi connectivity index (χ0n) is 17.7. The number of para-hydroxylation sites is 1. The Hall–Kier alpha value is -2.76. The molecule has 31 heavy (non-hydrogen) atoms. The summed E-state index contributed by atoms with van der Waals surface area (Å²) in [6.07, 6.45) is 10.5. The molecule has 1 N–H and O–H groups in total. The van der Waals surface area contributed by atoms with Crippen LogP contribution in [0.15, 0.2) is 73.3 Å². The van der Waals surface area contributed by atoms with Gasteiger partial charge in [-0.3, -0.25) is 14.9 Å². The minimum atomic E-state index is -0.765. The molecule has 2 aliphatic rings. The van der Waals surface area contributed by atoms with Gasteiger partial charge in [0.15, 0.2) is 0 Å². The van der Waals surface area contributed by atoms with E-state index >= 15 is 0 Å². The van der Waals surface area contributed by atoms with Crippen molar-refractivity contribution in [2.45, 2.75) is 38.0 Å². The van der Waals surface area contributed by atoms with E-state index in [9.17, 15) is 5.11 Å². The fourth-order valence-electron chi connectivity index (χ4n) is 5.40. The van der Waals surface area contributed by atoms with Gasteiger partial charge in [0.1, 0.15) is 12.4 Å². The first-order chi connectivity index (χ1) is 15.2. The molecule has 1 saturated carbocycles. The number of aromatic nitrogens is 2. The minimum absolute atomic E-state index is 0.229. The summed E-state index contributed by atoms with van der Waals surface area (Å²) in [5, 5.41) is 11.8. The second-order valence-electron chi connectivity index (χ2n) is 8.84. The molecule has 1 aromatic carbocycles. The van der Waals surface area contributed by atoms with Gasteiger partial charge in [0.2, 0.25) is 0 Å². The Morgan fingerprint density at radius 1 is 0.935 bits per heavy atom. The topological polar surface area (TPSA) is 58.5 Å². The number of rotatable bonds is 6. The summed E-state index contributed by atoms with van der Waals surface area (Å²) < 4.78 is 6.14. The molecular weight excluding hydrogens is 386 g/mol. The Kier molecular flexibility index (Phi) is 5.70. The van der Waals surface area contributed by atoms with Crippen molar-refractivity contribution in [2.75, 3.05) is 13.1 Å². The highest BCUT2D eigenvalue weighted by Crippen LogP contribution is 2.49. The third-order valence-electron chi connectivity index (χ3n) is 6.91. The standard InChI is InChI=1S/C26H29N3O2/c30-26(22-10-5-13-28-15-22)23-8-3-9-24(26)18-29(17-23)16-21-7-1-2-11-25(21)31-19-20-6-4-12-27-14-20/h1-2,4-7,10-15,23-24,30H,3,8-9,16-19H2/t23-,24-/m1/s1. The molecule has 5 heteroatoms. The number of hydrogen-bond acceptors (Lipinski definition) is 5. The molecule has 2 aromatic heterocycles. The Bertz CT molecular complexity index is 982. The van der Waals surface area contributed by atoms with Gasteiger partial charge in [-0.15, -0.1) is 0 Å². The van der Waals surface area contributed by atoms with Crippen molar-refractivity contribution >= 4 is 0 Å². The molecule has 0 unspecified atom stereocenters. The monoisotopic (exact) mass is 415 g/mol. The molecule has 3 aromatic rings. The molecule has 1 saturated heterocycles. The first-order valence-corrected chi connectivity index (χ1v) is 11.2. The van der Waals surface area contributed by atoms with E-state index < -0.39 is 5.60 Å². The lowest BCUT2D eigenvalue weighted by molar-refractivity contribution is -0.148.